The summed E-state index contributed by atoms with van der Waals surface area (Å²) in [5, 5.41) is 23.9. The lowest BCUT2D eigenvalue weighted by Crippen LogP contribution is -2.11. The summed E-state index contributed by atoms with van der Waals surface area (Å²) in [6.07, 6.45) is 1.71. The lowest BCUT2D eigenvalue weighted by molar-refractivity contribution is 0.0699. The zero-order valence-electron chi connectivity index (χ0n) is 13.2. The molecule has 0 radical (unpaired) electrons. The van der Waals surface area contributed by atoms with E-state index in [2.05, 4.69) is 25.6 Å². The number of amides is 1. The Kier molecular flexibility index (Phi) is 3.47. The molecule has 2 aromatic heterocycles. The number of nitrogens with zero attached hydrogens (tertiary/aromatic N) is 3. The van der Waals surface area contributed by atoms with Crippen molar-refractivity contribution in [1.29, 1.82) is 0 Å². The van der Waals surface area contributed by atoms with E-state index in [1.54, 1.807) is 36.5 Å². The third-order valence-electron chi connectivity index (χ3n) is 4.12. The van der Waals surface area contributed by atoms with Gasteiger partial charge in [0.25, 0.3) is 0 Å². The Balaban J connectivity index is 2.04. The van der Waals surface area contributed by atoms with E-state index in [1.807, 2.05) is 0 Å². The number of fused-ring (bicyclic) bond motifs is 1. The van der Waals surface area contributed by atoms with Crippen LogP contribution in [0.4, 0.5) is 0 Å². The Hall–Kier alpha value is -4.01. The minimum atomic E-state index is -1.04. The highest BCUT2D eigenvalue weighted by Gasteiger charge is 2.19. The normalized spacial score (nSPS) is 10.9. The molecule has 1 amide bonds. The SMILES string of the molecule is NC(=O)c1ccc(-c2c[nH]c3cccc(C(=O)O)c23)c(-c2nn[nH]n2)c1. The number of carbonyl (C=O) groups excluding carboxylic acids is 1. The van der Waals surface area contributed by atoms with E-state index >= 15 is 0 Å². The Morgan fingerprint density at radius 1 is 1.08 bits per heavy atom. The molecule has 26 heavy (non-hydrogen) atoms. The predicted octanol–water partition coefficient (Wildman–Crippen LogP) is 1.81. The molecule has 4 aromatic rings. The fraction of sp³-hybridized carbons (Fsp3) is 0. The molecule has 0 saturated heterocycles. The molecule has 2 aromatic carbocycles. The molecule has 0 spiro atoms. The average molecular weight is 348 g/mol. The highest BCUT2D eigenvalue weighted by molar-refractivity contribution is 6.11. The van der Waals surface area contributed by atoms with Gasteiger partial charge in [0.1, 0.15) is 0 Å². The van der Waals surface area contributed by atoms with Crippen LogP contribution in [0.3, 0.4) is 0 Å². The first-order valence-electron chi connectivity index (χ1n) is 7.57. The van der Waals surface area contributed by atoms with Crippen molar-refractivity contribution in [2.75, 3.05) is 0 Å². The van der Waals surface area contributed by atoms with Crippen molar-refractivity contribution >= 4 is 22.8 Å². The third kappa shape index (κ3) is 2.38. The molecule has 9 nitrogen and oxygen atoms in total. The van der Waals surface area contributed by atoms with Gasteiger partial charge in [0.05, 0.1) is 5.56 Å². The number of carbonyl (C=O) groups is 2. The fourth-order valence-electron chi connectivity index (χ4n) is 2.97. The average Bonchev–Trinajstić information content (AvgIpc) is 3.30. The van der Waals surface area contributed by atoms with Gasteiger partial charge in [-0.15, -0.1) is 10.2 Å². The fourth-order valence-corrected chi connectivity index (χ4v) is 2.97. The number of nitrogens with one attached hydrogen (secondary N) is 2. The van der Waals surface area contributed by atoms with E-state index in [4.69, 9.17) is 5.73 Å². The monoisotopic (exact) mass is 348 g/mol. The molecule has 2 heterocycles. The van der Waals surface area contributed by atoms with Crippen LogP contribution in [0.2, 0.25) is 0 Å². The maximum atomic E-state index is 11.6. The Morgan fingerprint density at radius 2 is 1.92 bits per heavy atom. The smallest absolute Gasteiger partial charge is 0.336 e. The van der Waals surface area contributed by atoms with E-state index in [1.165, 1.54) is 6.07 Å². The Bertz CT molecular complexity index is 1150. The van der Waals surface area contributed by atoms with E-state index in [0.717, 1.165) is 0 Å². The summed E-state index contributed by atoms with van der Waals surface area (Å²) in [5.41, 5.74) is 8.31. The number of H-pyrrole nitrogens is 2. The topological polar surface area (TPSA) is 151 Å². The molecular formula is C17H12N6O3. The summed E-state index contributed by atoms with van der Waals surface area (Å²) < 4.78 is 0. The number of tetrazole rings is 1. The number of carboxylic acids is 1. The first-order chi connectivity index (χ1) is 12.6. The Morgan fingerprint density at radius 3 is 2.62 bits per heavy atom. The van der Waals surface area contributed by atoms with Crippen LogP contribution in [0.15, 0.2) is 42.6 Å². The number of aromatic amines is 2. The van der Waals surface area contributed by atoms with Crippen molar-refractivity contribution in [2.45, 2.75) is 0 Å². The molecule has 0 fully saturated rings. The molecule has 0 aliphatic carbocycles. The molecule has 5 N–H and O–H groups in total. The first kappa shape index (κ1) is 15.5. The molecule has 0 atom stereocenters. The van der Waals surface area contributed by atoms with Crippen molar-refractivity contribution in [3.8, 4) is 22.5 Å². The van der Waals surface area contributed by atoms with Gasteiger partial charge in [-0.1, -0.05) is 12.1 Å². The molecule has 9 heteroatoms. The van der Waals surface area contributed by atoms with Crippen molar-refractivity contribution in [1.82, 2.24) is 25.6 Å². The lowest BCUT2D eigenvalue weighted by atomic mass is 9.94. The zero-order chi connectivity index (χ0) is 18.3. The number of carboxylic acid groups (broad SMARTS) is 1. The second-order valence-electron chi connectivity index (χ2n) is 5.60. The molecule has 0 saturated carbocycles. The first-order valence-corrected chi connectivity index (χ1v) is 7.57. The molecule has 0 aliphatic heterocycles. The van der Waals surface area contributed by atoms with Crippen LogP contribution < -0.4 is 5.73 Å². The second kappa shape index (κ2) is 5.81. The second-order valence-corrected chi connectivity index (χ2v) is 5.60. The van der Waals surface area contributed by atoms with Crippen LogP contribution in [0, 0.1) is 0 Å². The van der Waals surface area contributed by atoms with Crippen LogP contribution in [0.1, 0.15) is 20.7 Å². The van der Waals surface area contributed by atoms with Crippen LogP contribution in [0.25, 0.3) is 33.4 Å². The van der Waals surface area contributed by atoms with Gasteiger partial charge >= 0.3 is 5.97 Å². The number of hydrogen-bond donors (Lipinski definition) is 4. The van der Waals surface area contributed by atoms with Gasteiger partial charge < -0.3 is 15.8 Å². The largest absolute Gasteiger partial charge is 0.478 e. The lowest BCUT2D eigenvalue weighted by Gasteiger charge is -2.09. The van der Waals surface area contributed by atoms with Gasteiger partial charge in [0, 0.05) is 33.8 Å². The van der Waals surface area contributed by atoms with Gasteiger partial charge in [-0.3, -0.25) is 4.79 Å². The van der Waals surface area contributed by atoms with Crippen LogP contribution in [-0.4, -0.2) is 42.6 Å². The summed E-state index contributed by atoms with van der Waals surface area (Å²) in [5.74, 6) is -1.36. The summed E-state index contributed by atoms with van der Waals surface area (Å²) in [6, 6.07) is 9.81. The molecule has 0 aliphatic rings. The third-order valence-corrected chi connectivity index (χ3v) is 4.12. The summed E-state index contributed by atoms with van der Waals surface area (Å²) in [6.45, 7) is 0. The van der Waals surface area contributed by atoms with Crippen molar-refractivity contribution in [3.63, 3.8) is 0 Å². The van der Waals surface area contributed by atoms with Gasteiger partial charge in [-0.25, -0.2) is 4.79 Å². The van der Waals surface area contributed by atoms with E-state index < -0.39 is 11.9 Å². The molecule has 0 unspecified atom stereocenters. The number of aromatic nitrogens is 5. The number of aromatic carboxylic acids is 1. The van der Waals surface area contributed by atoms with Gasteiger partial charge in [-0.05, 0) is 35.0 Å². The molecular weight excluding hydrogens is 336 g/mol. The van der Waals surface area contributed by atoms with Crippen LogP contribution in [-0.2, 0) is 0 Å². The number of rotatable bonds is 4. The van der Waals surface area contributed by atoms with Gasteiger partial charge in [0.15, 0.2) is 0 Å². The van der Waals surface area contributed by atoms with E-state index in [-0.39, 0.29) is 17.0 Å². The predicted molar refractivity (Wildman–Crippen MR) is 92.4 cm³/mol. The summed E-state index contributed by atoms with van der Waals surface area (Å²) in [7, 11) is 0. The van der Waals surface area contributed by atoms with Crippen LogP contribution >= 0.6 is 0 Å². The maximum absolute atomic E-state index is 11.6. The van der Waals surface area contributed by atoms with Crippen molar-refractivity contribution in [3.05, 3.63) is 53.7 Å². The quantitative estimate of drug-likeness (QED) is 0.441. The number of nitrogens with two attached hydrogens (primary N) is 1. The minimum absolute atomic E-state index is 0.164. The van der Waals surface area contributed by atoms with Crippen molar-refractivity contribution < 1.29 is 14.7 Å². The van der Waals surface area contributed by atoms with Crippen LogP contribution in [0.5, 0.6) is 0 Å². The zero-order valence-corrected chi connectivity index (χ0v) is 13.2. The Labute approximate surface area is 145 Å². The van der Waals surface area contributed by atoms with Crippen molar-refractivity contribution in [2.24, 2.45) is 5.73 Å². The summed E-state index contributed by atoms with van der Waals surface area (Å²) >= 11 is 0. The number of primary amides is 1. The minimum Gasteiger partial charge on any atom is -0.478 e. The molecule has 4 rings (SSSR count). The van der Waals surface area contributed by atoms with E-state index in [0.29, 0.717) is 27.6 Å². The number of hydrogen-bond acceptors (Lipinski definition) is 5. The highest BCUT2D eigenvalue weighted by Crippen LogP contribution is 2.37. The highest BCUT2D eigenvalue weighted by atomic mass is 16.4. The summed E-state index contributed by atoms with van der Waals surface area (Å²) in [4.78, 5) is 26.3. The van der Waals surface area contributed by atoms with E-state index in [9.17, 15) is 14.7 Å². The molecule has 128 valence electrons. The standard InChI is InChI=1S/C17H12N6O3/c18-15(24)8-4-5-9(11(6-8)16-20-22-23-21-16)12-7-19-13-3-1-2-10(14(12)13)17(25)26/h1-7,19H,(H2,18,24)(H,25,26)(H,20,21,22,23). The van der Waals surface area contributed by atoms with Gasteiger partial charge in [0.2, 0.25) is 11.7 Å². The molecule has 0 bridgehead atoms. The number of benzene rings is 2. The van der Waals surface area contributed by atoms with Gasteiger partial charge in [-0.2, -0.15) is 5.21 Å². The maximum Gasteiger partial charge on any atom is 0.336 e.